The molecule has 0 radical (unpaired) electrons. The molecule has 2 aromatic carbocycles. The van der Waals surface area contributed by atoms with Gasteiger partial charge in [0.25, 0.3) is 0 Å². The van der Waals surface area contributed by atoms with Gasteiger partial charge in [0.1, 0.15) is 19.8 Å². The molecule has 0 spiro atoms. The summed E-state index contributed by atoms with van der Waals surface area (Å²) in [7, 11) is 1.34. The third kappa shape index (κ3) is 3.73. The number of carbonyl (C=O) groups excluding carboxylic acids is 2. The SMILES string of the molecule is COc1cc([C@H]2C3=CCn4c(=O)n(-c5ccccc5)c(=O)n4[C@@H]3C[C@@]3(Cl)C(=O)C(Cl)=C(Cl)C(=O)[C@@]23Cl)c(Br)c(Br)c1O. The number of carbonyl (C=O) groups is 2. The summed E-state index contributed by atoms with van der Waals surface area (Å²) in [5.41, 5.74) is -0.216. The molecule has 218 valence electrons. The number of phenols is 1. The highest BCUT2D eigenvalue weighted by atomic mass is 79.9. The third-order valence-corrected chi connectivity index (χ3v) is 12.4. The van der Waals surface area contributed by atoms with E-state index in [4.69, 9.17) is 51.1 Å². The zero-order chi connectivity index (χ0) is 30.5. The van der Waals surface area contributed by atoms with Gasteiger partial charge in [-0.15, -0.1) is 23.2 Å². The fraction of sp³-hybridized carbons (Fsp3) is 0.259. The lowest BCUT2D eigenvalue weighted by molar-refractivity contribution is -0.128. The average molecular weight is 781 g/mol. The van der Waals surface area contributed by atoms with Crippen LogP contribution in [-0.2, 0) is 16.1 Å². The first-order valence-electron chi connectivity index (χ1n) is 12.3. The van der Waals surface area contributed by atoms with Gasteiger partial charge in [0, 0.05) is 16.8 Å². The molecule has 42 heavy (non-hydrogen) atoms. The normalized spacial score (nSPS) is 26.9. The van der Waals surface area contributed by atoms with Gasteiger partial charge < -0.3 is 9.84 Å². The molecule has 15 heteroatoms. The fourth-order valence-corrected chi connectivity index (χ4v) is 8.56. The number of rotatable bonds is 3. The molecule has 0 saturated heterocycles. The van der Waals surface area contributed by atoms with Crippen molar-refractivity contribution in [3.8, 4) is 17.2 Å². The lowest BCUT2D eigenvalue weighted by Gasteiger charge is -2.54. The highest BCUT2D eigenvalue weighted by Gasteiger charge is 2.71. The summed E-state index contributed by atoms with van der Waals surface area (Å²) in [6, 6.07) is 8.81. The van der Waals surface area contributed by atoms with Crippen molar-refractivity contribution in [1.82, 2.24) is 13.9 Å². The number of para-hydroxylation sites is 1. The minimum absolute atomic E-state index is 0.0256. The van der Waals surface area contributed by atoms with Gasteiger partial charge in [-0.1, -0.05) is 47.5 Å². The van der Waals surface area contributed by atoms with Gasteiger partial charge in [-0.2, -0.15) is 0 Å². The molecule has 1 N–H and O–H groups in total. The van der Waals surface area contributed by atoms with Crippen molar-refractivity contribution in [3.63, 3.8) is 0 Å². The molecule has 0 unspecified atom stereocenters. The smallest absolute Gasteiger partial charge is 0.352 e. The molecule has 4 atom stereocenters. The number of hydrogen-bond donors (Lipinski definition) is 1. The molecule has 3 aromatic rings. The van der Waals surface area contributed by atoms with Crippen molar-refractivity contribution in [2.24, 2.45) is 0 Å². The minimum atomic E-state index is -2.23. The van der Waals surface area contributed by atoms with Gasteiger partial charge in [-0.25, -0.2) is 23.5 Å². The van der Waals surface area contributed by atoms with E-state index in [2.05, 4.69) is 31.9 Å². The second-order valence-electron chi connectivity index (χ2n) is 9.96. The molecule has 2 heterocycles. The van der Waals surface area contributed by atoms with Gasteiger partial charge >= 0.3 is 11.4 Å². The van der Waals surface area contributed by atoms with Crippen molar-refractivity contribution in [1.29, 1.82) is 0 Å². The summed E-state index contributed by atoms with van der Waals surface area (Å²) < 4.78 is 9.30. The van der Waals surface area contributed by atoms with Crippen LogP contribution in [0.3, 0.4) is 0 Å². The largest absolute Gasteiger partial charge is 0.503 e. The van der Waals surface area contributed by atoms with E-state index in [-0.39, 0.29) is 33.4 Å². The first kappa shape index (κ1) is 29.8. The van der Waals surface area contributed by atoms with Gasteiger partial charge in [-0.3, -0.25) is 9.59 Å². The maximum Gasteiger partial charge on any atom is 0.352 e. The third-order valence-electron chi connectivity index (χ3n) is 8.02. The van der Waals surface area contributed by atoms with Crippen LogP contribution in [0.25, 0.3) is 5.69 Å². The number of allylic oxidation sites excluding steroid dienone is 4. The highest BCUT2D eigenvalue weighted by Crippen LogP contribution is 2.65. The number of phenolic OH excluding ortho intramolecular Hbond substituents is 1. The van der Waals surface area contributed by atoms with Gasteiger partial charge in [-0.05, 0) is 61.2 Å². The van der Waals surface area contributed by atoms with Crippen LogP contribution in [0, 0.1) is 0 Å². The molecular formula is C27H17Br2Cl4N3O6. The number of Topliss-reactive ketones (excluding diaryl/α,β-unsaturated/α-hetero) is 2. The van der Waals surface area contributed by atoms with E-state index in [0.29, 0.717) is 16.8 Å². The molecule has 1 aromatic heterocycles. The number of benzene rings is 2. The fourth-order valence-electron chi connectivity index (χ4n) is 6.09. The van der Waals surface area contributed by atoms with E-state index in [0.717, 1.165) is 4.57 Å². The van der Waals surface area contributed by atoms with Crippen molar-refractivity contribution >= 4 is 89.8 Å². The number of hydrogen-bond acceptors (Lipinski definition) is 6. The topological polar surface area (TPSA) is 113 Å². The Bertz CT molecular complexity index is 1920. The number of ketones is 2. The molecule has 2 aliphatic carbocycles. The van der Waals surface area contributed by atoms with Crippen molar-refractivity contribution in [2.45, 2.75) is 34.7 Å². The number of fused-ring (bicyclic) bond motifs is 4. The number of halogens is 6. The second kappa shape index (κ2) is 10.1. The Morgan fingerprint density at radius 1 is 0.976 bits per heavy atom. The molecular weight excluding hydrogens is 764 g/mol. The average Bonchev–Trinajstić information content (AvgIpc) is 3.24. The first-order valence-corrected chi connectivity index (χ1v) is 15.4. The van der Waals surface area contributed by atoms with E-state index in [1.807, 2.05) is 0 Å². The Labute approximate surface area is 274 Å². The van der Waals surface area contributed by atoms with E-state index >= 15 is 0 Å². The van der Waals surface area contributed by atoms with Crippen molar-refractivity contribution in [3.05, 3.63) is 93.6 Å². The van der Waals surface area contributed by atoms with Crippen LogP contribution in [0.15, 0.2) is 76.6 Å². The van der Waals surface area contributed by atoms with Crippen molar-refractivity contribution in [2.75, 3.05) is 7.11 Å². The van der Waals surface area contributed by atoms with Crippen molar-refractivity contribution < 1.29 is 19.4 Å². The Morgan fingerprint density at radius 3 is 2.26 bits per heavy atom. The Hall–Kier alpha value is -2.28. The van der Waals surface area contributed by atoms with Gasteiger partial charge in [0.2, 0.25) is 0 Å². The summed E-state index contributed by atoms with van der Waals surface area (Å²) in [6.45, 7) is -0.0566. The van der Waals surface area contributed by atoms with E-state index in [9.17, 15) is 24.3 Å². The number of aromatic nitrogens is 3. The summed E-state index contributed by atoms with van der Waals surface area (Å²) in [5, 5.41) is 9.48. The standard InChI is InChI=1S/C27H17Br2Cl4N3O6/c1-42-15-9-13(17(28)18(29)21(15)37)16-12-7-8-34-24(40)35(11-5-3-2-4-6-11)25(41)36(34)14(12)10-26(32)22(38)19(30)20(31)23(39)27(16,26)33/h2-7,9,14,16,37H,8,10H2,1H3/t14-,16-,26-,27+/m1/s1. The lowest BCUT2D eigenvalue weighted by Crippen LogP contribution is -2.67. The van der Waals surface area contributed by atoms with Crippen LogP contribution in [0.5, 0.6) is 11.5 Å². The molecule has 9 nitrogen and oxygen atoms in total. The lowest BCUT2D eigenvalue weighted by atomic mass is 9.59. The molecule has 1 fully saturated rings. The van der Waals surface area contributed by atoms with E-state index in [1.54, 1.807) is 36.4 Å². The van der Waals surface area contributed by atoms with Crippen LogP contribution < -0.4 is 16.1 Å². The van der Waals surface area contributed by atoms with Crippen LogP contribution >= 0.6 is 78.3 Å². The summed E-state index contributed by atoms with van der Waals surface area (Å²) in [6.07, 6.45) is 1.31. The number of nitrogens with zero attached hydrogens (tertiary/aromatic N) is 3. The van der Waals surface area contributed by atoms with Crippen LogP contribution in [0.4, 0.5) is 0 Å². The zero-order valence-corrected chi connectivity index (χ0v) is 27.4. The summed E-state index contributed by atoms with van der Waals surface area (Å²) in [5.74, 6) is -3.22. The van der Waals surface area contributed by atoms with Crippen LogP contribution in [0.2, 0.25) is 0 Å². The van der Waals surface area contributed by atoms with Gasteiger partial charge in [0.05, 0.1) is 29.9 Å². The summed E-state index contributed by atoms with van der Waals surface area (Å²) in [4.78, 5) is 50.8. The Balaban J connectivity index is 1.69. The second-order valence-corrected chi connectivity index (χ2v) is 13.5. The Morgan fingerprint density at radius 2 is 1.62 bits per heavy atom. The monoisotopic (exact) mass is 777 g/mol. The number of alkyl halides is 2. The molecule has 6 rings (SSSR count). The van der Waals surface area contributed by atoms with Crippen LogP contribution in [-0.4, -0.2) is 47.5 Å². The number of ether oxygens (including phenoxy) is 1. The maximum absolute atomic E-state index is 14.0. The predicted octanol–water partition coefficient (Wildman–Crippen LogP) is 5.50. The zero-order valence-electron chi connectivity index (χ0n) is 21.2. The minimum Gasteiger partial charge on any atom is -0.503 e. The molecule has 1 aliphatic heterocycles. The summed E-state index contributed by atoms with van der Waals surface area (Å²) >= 11 is 33.8. The Kier molecular flexibility index (Phi) is 7.19. The molecule has 1 saturated carbocycles. The number of aromatic hydroxyl groups is 1. The number of methoxy groups -OCH3 is 1. The van der Waals surface area contributed by atoms with Crippen LogP contribution in [0.1, 0.15) is 23.9 Å². The molecule has 0 amide bonds. The maximum atomic E-state index is 14.0. The van der Waals surface area contributed by atoms with E-state index in [1.165, 1.54) is 22.5 Å². The van der Waals surface area contributed by atoms with E-state index < -0.39 is 54.7 Å². The first-order chi connectivity index (χ1) is 19.8. The molecule has 3 aliphatic rings. The predicted molar refractivity (Wildman–Crippen MR) is 165 cm³/mol. The highest BCUT2D eigenvalue weighted by molar-refractivity contribution is 9.13. The molecule has 0 bridgehead atoms. The quantitative estimate of drug-likeness (QED) is 0.278. The van der Waals surface area contributed by atoms with Gasteiger partial charge in [0.15, 0.2) is 23.1 Å².